The van der Waals surface area contributed by atoms with E-state index < -0.39 is 22.7 Å². The van der Waals surface area contributed by atoms with E-state index in [2.05, 4.69) is 10.3 Å². The van der Waals surface area contributed by atoms with Crippen LogP contribution in [0.5, 0.6) is 0 Å². The molecule has 0 saturated carbocycles. The van der Waals surface area contributed by atoms with Gasteiger partial charge in [-0.05, 0) is 30.1 Å². The lowest BCUT2D eigenvalue weighted by Crippen LogP contribution is -2.27. The molecule has 10 heteroatoms. The number of rotatable bonds is 2. The van der Waals surface area contributed by atoms with Crippen molar-refractivity contribution < 1.29 is 23.1 Å². The highest BCUT2D eigenvalue weighted by Gasteiger charge is 2.38. The molecular weight excluding hydrogens is 363 g/mol. The number of halogens is 3. The first kappa shape index (κ1) is 16.7. The summed E-state index contributed by atoms with van der Waals surface area (Å²) in [4.78, 5) is 15.7. The number of aliphatic hydroxyl groups is 1. The van der Waals surface area contributed by atoms with E-state index in [1.54, 1.807) is 18.2 Å². The molecule has 2 aromatic rings. The van der Waals surface area contributed by atoms with E-state index in [-0.39, 0.29) is 21.3 Å². The van der Waals surface area contributed by atoms with Gasteiger partial charge in [-0.2, -0.15) is 13.2 Å². The minimum Gasteiger partial charge on any atom is -0.504 e. The van der Waals surface area contributed by atoms with Crippen LogP contribution in [-0.4, -0.2) is 27.4 Å². The second-order valence-corrected chi connectivity index (χ2v) is 6.98. The first-order chi connectivity index (χ1) is 11.3. The van der Waals surface area contributed by atoms with Gasteiger partial charge in [-0.1, -0.05) is 6.07 Å². The highest BCUT2D eigenvalue weighted by atomic mass is 32.2. The van der Waals surface area contributed by atoms with Crippen LogP contribution in [0.1, 0.15) is 9.75 Å². The molecule has 0 atom stereocenters. The average molecular weight is 373 g/mol. The normalized spacial score (nSPS) is 14.6. The molecule has 0 radical (unpaired) electrons. The third kappa shape index (κ3) is 3.06. The fraction of sp³-hybridized carbons (Fsp3) is 0.143. The Morgan fingerprint density at radius 1 is 1.38 bits per heavy atom. The van der Waals surface area contributed by atoms with Crippen molar-refractivity contribution in [3.63, 3.8) is 0 Å². The average Bonchev–Trinajstić information content (AvgIpc) is 2.92. The fourth-order valence-electron chi connectivity index (χ4n) is 2.06. The minimum atomic E-state index is -4.50. The predicted octanol–water partition coefficient (Wildman–Crippen LogP) is 3.98. The van der Waals surface area contributed by atoms with Gasteiger partial charge >= 0.3 is 6.18 Å². The molecule has 1 amide bonds. The van der Waals surface area contributed by atoms with Gasteiger partial charge in [0, 0.05) is 13.2 Å². The molecule has 0 bridgehead atoms. The van der Waals surface area contributed by atoms with Gasteiger partial charge in [0.25, 0.3) is 5.91 Å². The van der Waals surface area contributed by atoms with Crippen molar-refractivity contribution >= 4 is 40.8 Å². The van der Waals surface area contributed by atoms with Gasteiger partial charge in [-0.15, -0.1) is 11.3 Å². The summed E-state index contributed by atoms with van der Waals surface area (Å²) >= 11 is 1.35. The van der Waals surface area contributed by atoms with Crippen molar-refractivity contribution in [3.8, 4) is 0 Å². The van der Waals surface area contributed by atoms with Crippen LogP contribution in [0, 0.1) is 0 Å². The summed E-state index contributed by atoms with van der Waals surface area (Å²) in [6.45, 7) is 0. The third-order valence-corrected chi connectivity index (χ3v) is 5.38. The number of carbonyl (C=O) groups is 1. The number of likely N-dealkylation sites (N-methyl/N-ethyl adjacent to an activating group) is 1. The van der Waals surface area contributed by atoms with Crippen molar-refractivity contribution in [3.05, 3.63) is 45.9 Å². The lowest BCUT2D eigenvalue weighted by atomic mass is 10.2. The summed E-state index contributed by atoms with van der Waals surface area (Å²) in [6, 6.07) is 5.86. The van der Waals surface area contributed by atoms with Crippen LogP contribution in [0.4, 0.5) is 19.0 Å². The van der Waals surface area contributed by atoms with Gasteiger partial charge in [0.1, 0.15) is 10.7 Å². The number of fused-ring (bicyclic) bond motifs is 1. The smallest absolute Gasteiger partial charge is 0.425 e. The molecule has 5 nitrogen and oxygen atoms in total. The topological polar surface area (TPSA) is 65.5 Å². The minimum absolute atomic E-state index is 0.0246. The van der Waals surface area contributed by atoms with Crippen LogP contribution >= 0.6 is 23.3 Å². The third-order valence-electron chi connectivity index (χ3n) is 3.09. The lowest BCUT2D eigenvalue weighted by Gasteiger charge is -2.25. The van der Waals surface area contributed by atoms with Crippen molar-refractivity contribution in [2.24, 2.45) is 0 Å². The molecule has 2 aromatic heterocycles. The molecule has 1 aliphatic rings. The highest BCUT2D eigenvalue weighted by molar-refractivity contribution is 7.97. The van der Waals surface area contributed by atoms with Crippen LogP contribution < -0.4 is 5.32 Å². The van der Waals surface area contributed by atoms with E-state index in [1.807, 2.05) is 0 Å². The molecule has 0 aliphatic carbocycles. The van der Waals surface area contributed by atoms with Gasteiger partial charge in [-0.3, -0.25) is 4.79 Å². The lowest BCUT2D eigenvalue weighted by molar-refractivity contribution is -0.134. The van der Waals surface area contributed by atoms with E-state index in [9.17, 15) is 23.1 Å². The maximum absolute atomic E-state index is 12.8. The SMILES string of the molecule is CN1Sc2cc(C(F)(F)F)sc2C(O)=C1C(=O)Nc1ccccn1. The fourth-order valence-corrected chi connectivity index (χ4v) is 4.14. The molecular formula is C14H10F3N3O2S2. The van der Waals surface area contributed by atoms with Crippen LogP contribution in [-0.2, 0) is 11.0 Å². The molecule has 0 fully saturated rings. The Kier molecular flexibility index (Phi) is 4.18. The predicted molar refractivity (Wildman–Crippen MR) is 85.4 cm³/mol. The number of amides is 1. The number of nitrogens with one attached hydrogen (secondary N) is 1. The number of hydrogen-bond acceptors (Lipinski definition) is 6. The van der Waals surface area contributed by atoms with E-state index in [1.165, 1.54) is 17.5 Å². The zero-order valence-electron chi connectivity index (χ0n) is 12.1. The zero-order valence-corrected chi connectivity index (χ0v) is 13.7. The standard InChI is InChI=1S/C14H10F3N3O2S2/c1-20-10(13(22)19-9-4-2-3-5-18-9)11(21)12-7(24-20)6-8(23-12)14(15,16)17/h2-6,21H,1H3,(H,18,19,22). The summed E-state index contributed by atoms with van der Waals surface area (Å²) < 4.78 is 39.9. The maximum atomic E-state index is 12.8. The summed E-state index contributed by atoms with van der Waals surface area (Å²) in [7, 11) is 1.49. The van der Waals surface area contributed by atoms with Gasteiger partial charge in [0.15, 0.2) is 11.5 Å². The Hall–Kier alpha value is -2.20. The second kappa shape index (κ2) is 6.02. The van der Waals surface area contributed by atoms with Crippen molar-refractivity contribution in [1.82, 2.24) is 9.29 Å². The Balaban J connectivity index is 1.96. The summed E-state index contributed by atoms with van der Waals surface area (Å²) in [5.41, 5.74) is -0.131. The summed E-state index contributed by atoms with van der Waals surface area (Å²) in [6.07, 6.45) is -3.02. The molecule has 0 spiro atoms. The largest absolute Gasteiger partial charge is 0.504 e. The van der Waals surface area contributed by atoms with Gasteiger partial charge in [-0.25, -0.2) is 4.98 Å². The number of anilines is 1. The van der Waals surface area contributed by atoms with Gasteiger partial charge in [0.2, 0.25) is 0 Å². The van der Waals surface area contributed by atoms with Crippen LogP contribution in [0.15, 0.2) is 41.1 Å². The molecule has 3 heterocycles. The van der Waals surface area contributed by atoms with E-state index in [0.29, 0.717) is 11.3 Å². The van der Waals surface area contributed by atoms with E-state index in [0.717, 1.165) is 18.0 Å². The van der Waals surface area contributed by atoms with Crippen LogP contribution in [0.2, 0.25) is 0 Å². The molecule has 24 heavy (non-hydrogen) atoms. The number of aromatic nitrogens is 1. The second-order valence-electron chi connectivity index (χ2n) is 4.76. The number of carbonyl (C=O) groups excluding carboxylic acids is 1. The van der Waals surface area contributed by atoms with Gasteiger partial charge < -0.3 is 14.7 Å². The Morgan fingerprint density at radius 2 is 2.12 bits per heavy atom. The zero-order chi connectivity index (χ0) is 17.5. The quantitative estimate of drug-likeness (QED) is 0.780. The molecule has 126 valence electrons. The maximum Gasteiger partial charge on any atom is 0.425 e. The number of nitrogens with zero attached hydrogens (tertiary/aromatic N) is 2. The molecule has 0 unspecified atom stereocenters. The Bertz CT molecular complexity index is 818. The number of hydrogen-bond donors (Lipinski definition) is 2. The highest BCUT2D eigenvalue weighted by Crippen LogP contribution is 2.47. The van der Waals surface area contributed by atoms with Crippen molar-refractivity contribution in [2.75, 3.05) is 12.4 Å². The molecule has 0 aromatic carbocycles. The van der Waals surface area contributed by atoms with Crippen molar-refractivity contribution in [2.45, 2.75) is 11.1 Å². The molecule has 2 N–H and O–H groups in total. The number of pyridine rings is 1. The van der Waals surface area contributed by atoms with Crippen molar-refractivity contribution in [1.29, 1.82) is 0 Å². The van der Waals surface area contributed by atoms with Crippen LogP contribution in [0.25, 0.3) is 5.76 Å². The summed E-state index contributed by atoms with van der Waals surface area (Å²) in [5.74, 6) is -0.872. The summed E-state index contributed by atoms with van der Waals surface area (Å²) in [5, 5.41) is 12.8. The molecule has 1 aliphatic heterocycles. The van der Waals surface area contributed by atoms with E-state index in [4.69, 9.17) is 0 Å². The van der Waals surface area contributed by atoms with E-state index >= 15 is 0 Å². The molecule has 3 rings (SSSR count). The van der Waals surface area contributed by atoms with Gasteiger partial charge in [0.05, 0.1) is 9.77 Å². The number of aliphatic hydroxyl groups excluding tert-OH is 1. The number of alkyl halides is 3. The number of thiophene rings is 1. The first-order valence-electron chi connectivity index (χ1n) is 6.56. The first-order valence-corrected chi connectivity index (χ1v) is 8.15. The Morgan fingerprint density at radius 3 is 2.75 bits per heavy atom. The Labute approximate surface area is 142 Å². The molecule has 0 saturated heterocycles. The monoisotopic (exact) mass is 373 g/mol. The van der Waals surface area contributed by atoms with Crippen LogP contribution in [0.3, 0.4) is 0 Å².